The maximum Gasteiger partial charge on any atom is 0.236 e. The molecule has 0 atom stereocenters. The summed E-state index contributed by atoms with van der Waals surface area (Å²) in [5, 5.41) is 5.21. The van der Waals surface area contributed by atoms with Gasteiger partial charge in [-0.1, -0.05) is 39.7 Å². The summed E-state index contributed by atoms with van der Waals surface area (Å²) in [6.45, 7) is 1.41. The fraction of sp³-hybridized carbons (Fsp3) is 0.200. The fourth-order valence-corrected chi connectivity index (χ4v) is 1.54. The van der Waals surface area contributed by atoms with Crippen LogP contribution in [-0.4, -0.2) is 16.9 Å². The number of carbonyl (C=O) groups excluding carboxylic acids is 1. The number of carbonyl (C=O) groups is 1. The molecule has 3 nitrogen and oxygen atoms in total. The van der Waals surface area contributed by atoms with Crippen molar-refractivity contribution >= 4 is 39.1 Å². The molecule has 0 aliphatic rings. The van der Waals surface area contributed by atoms with E-state index in [0.29, 0.717) is 10.4 Å². The molecule has 1 rings (SSSR count). The second kappa shape index (κ2) is 5.88. The molecule has 1 N–H and O–H groups in total. The molecule has 0 fully saturated rings. The maximum atomic E-state index is 10.7. The second-order valence-electron chi connectivity index (χ2n) is 2.87. The minimum atomic E-state index is -0.192. The molecule has 80 valence electrons. The smallest absolute Gasteiger partial charge is 0.236 e. The molecule has 15 heavy (non-hydrogen) atoms. The number of hydrogen-bond donors (Lipinski definition) is 1. The molecule has 1 amide bonds. The van der Waals surface area contributed by atoms with Crippen LogP contribution in [0.1, 0.15) is 12.5 Å². The normalized spacial score (nSPS) is 11.3. The standard InChI is InChI=1S/C10H10BrClN2O/c1-7(15)13-14-10(6-11)8-2-4-9(12)5-3-8/h2-5H,6H2,1H3,(H,13,15)/b14-10+. The van der Waals surface area contributed by atoms with Crippen LogP contribution in [0.5, 0.6) is 0 Å². The number of rotatable bonds is 3. The first-order valence-electron chi connectivity index (χ1n) is 4.28. The van der Waals surface area contributed by atoms with Gasteiger partial charge in [-0.15, -0.1) is 0 Å². The van der Waals surface area contributed by atoms with Gasteiger partial charge in [0.2, 0.25) is 5.91 Å². The average molecular weight is 290 g/mol. The number of nitrogens with zero attached hydrogens (tertiary/aromatic N) is 1. The van der Waals surface area contributed by atoms with Crippen LogP contribution in [0.3, 0.4) is 0 Å². The molecule has 0 aromatic heterocycles. The Kier molecular flexibility index (Phi) is 4.78. The summed E-state index contributed by atoms with van der Waals surface area (Å²) in [6, 6.07) is 7.26. The van der Waals surface area contributed by atoms with Gasteiger partial charge in [0.05, 0.1) is 5.71 Å². The topological polar surface area (TPSA) is 41.5 Å². The van der Waals surface area contributed by atoms with E-state index in [4.69, 9.17) is 11.6 Å². The van der Waals surface area contributed by atoms with Gasteiger partial charge in [-0.25, -0.2) is 5.43 Å². The van der Waals surface area contributed by atoms with Crippen LogP contribution in [0.4, 0.5) is 0 Å². The summed E-state index contributed by atoms with van der Waals surface area (Å²) in [4.78, 5) is 10.7. The Hall–Kier alpha value is -0.870. The summed E-state index contributed by atoms with van der Waals surface area (Å²) in [5.74, 6) is -0.192. The van der Waals surface area contributed by atoms with Gasteiger partial charge in [-0.05, 0) is 17.7 Å². The first-order chi connectivity index (χ1) is 7.13. The lowest BCUT2D eigenvalue weighted by Crippen LogP contribution is -2.17. The van der Waals surface area contributed by atoms with Gasteiger partial charge in [0, 0.05) is 17.3 Å². The molecule has 0 saturated carbocycles. The van der Waals surface area contributed by atoms with E-state index in [1.807, 2.05) is 12.1 Å². The first kappa shape index (κ1) is 12.2. The molecule has 5 heteroatoms. The van der Waals surface area contributed by atoms with Gasteiger partial charge in [0.1, 0.15) is 0 Å². The quantitative estimate of drug-likeness (QED) is 0.519. The minimum Gasteiger partial charge on any atom is -0.274 e. The molecule has 0 unspecified atom stereocenters. The summed E-state index contributed by atoms with van der Waals surface area (Å²) in [6.07, 6.45) is 0. The van der Waals surface area contributed by atoms with Crippen molar-refractivity contribution in [1.29, 1.82) is 0 Å². The predicted molar refractivity (Wildman–Crippen MR) is 65.6 cm³/mol. The zero-order valence-electron chi connectivity index (χ0n) is 8.13. The lowest BCUT2D eigenvalue weighted by Gasteiger charge is -2.03. The van der Waals surface area contributed by atoms with Crippen LogP contribution >= 0.6 is 27.5 Å². The number of amides is 1. The monoisotopic (exact) mass is 288 g/mol. The number of alkyl halides is 1. The van der Waals surface area contributed by atoms with Crippen molar-refractivity contribution in [3.05, 3.63) is 34.9 Å². The van der Waals surface area contributed by atoms with Crippen LogP contribution in [0.2, 0.25) is 5.02 Å². The van der Waals surface area contributed by atoms with Crippen molar-refractivity contribution in [1.82, 2.24) is 5.43 Å². The van der Waals surface area contributed by atoms with E-state index in [9.17, 15) is 4.79 Å². The molecule has 1 aromatic carbocycles. The van der Waals surface area contributed by atoms with Gasteiger partial charge < -0.3 is 0 Å². The summed E-state index contributed by atoms with van der Waals surface area (Å²) in [7, 11) is 0. The zero-order valence-corrected chi connectivity index (χ0v) is 10.5. The largest absolute Gasteiger partial charge is 0.274 e. The highest BCUT2D eigenvalue weighted by Crippen LogP contribution is 2.11. The number of hydrazone groups is 1. The summed E-state index contributed by atoms with van der Waals surface area (Å²) in [5.41, 5.74) is 4.07. The number of benzene rings is 1. The van der Waals surface area contributed by atoms with Crippen molar-refractivity contribution in [3.8, 4) is 0 Å². The van der Waals surface area contributed by atoms with E-state index in [0.717, 1.165) is 11.3 Å². The highest BCUT2D eigenvalue weighted by atomic mass is 79.9. The third kappa shape index (κ3) is 4.01. The van der Waals surface area contributed by atoms with Gasteiger partial charge in [0.25, 0.3) is 0 Å². The minimum absolute atomic E-state index is 0.192. The van der Waals surface area contributed by atoms with Gasteiger partial charge in [-0.3, -0.25) is 4.79 Å². The highest BCUT2D eigenvalue weighted by Gasteiger charge is 2.02. The van der Waals surface area contributed by atoms with Crippen LogP contribution in [0.25, 0.3) is 0 Å². The lowest BCUT2D eigenvalue weighted by molar-refractivity contribution is -0.118. The number of nitrogens with one attached hydrogen (secondary N) is 1. The first-order valence-corrected chi connectivity index (χ1v) is 5.78. The molecule has 0 radical (unpaired) electrons. The summed E-state index contributed by atoms with van der Waals surface area (Å²) >= 11 is 9.07. The molecular weight excluding hydrogens is 279 g/mol. The van der Waals surface area contributed by atoms with Crippen LogP contribution < -0.4 is 5.43 Å². The zero-order chi connectivity index (χ0) is 11.3. The predicted octanol–water partition coefficient (Wildman–Crippen LogP) is 2.58. The molecule has 0 aliphatic heterocycles. The Balaban J connectivity index is 2.87. The summed E-state index contributed by atoms with van der Waals surface area (Å²) < 4.78 is 0. The Labute approximate surface area is 102 Å². The van der Waals surface area contributed by atoms with E-state index in [-0.39, 0.29) is 5.91 Å². The van der Waals surface area contributed by atoms with E-state index in [1.54, 1.807) is 12.1 Å². The molecular formula is C10H10BrClN2O. The third-order valence-corrected chi connectivity index (χ3v) is 2.44. The molecule has 0 bridgehead atoms. The van der Waals surface area contributed by atoms with Crippen molar-refractivity contribution in [2.45, 2.75) is 6.92 Å². The lowest BCUT2D eigenvalue weighted by atomic mass is 10.1. The SMILES string of the molecule is CC(=O)N/N=C(\CBr)c1ccc(Cl)cc1. The number of halogens is 2. The Morgan fingerprint density at radius 1 is 1.47 bits per heavy atom. The maximum absolute atomic E-state index is 10.7. The Morgan fingerprint density at radius 2 is 2.07 bits per heavy atom. The van der Waals surface area contributed by atoms with E-state index < -0.39 is 0 Å². The number of hydrogen-bond acceptors (Lipinski definition) is 2. The van der Waals surface area contributed by atoms with E-state index in [1.165, 1.54) is 6.92 Å². The molecule has 0 heterocycles. The fourth-order valence-electron chi connectivity index (χ4n) is 0.960. The van der Waals surface area contributed by atoms with Crippen molar-refractivity contribution in [3.63, 3.8) is 0 Å². The van der Waals surface area contributed by atoms with Crippen LogP contribution in [-0.2, 0) is 4.79 Å². The Morgan fingerprint density at radius 3 is 2.53 bits per heavy atom. The second-order valence-corrected chi connectivity index (χ2v) is 3.86. The van der Waals surface area contributed by atoms with Crippen molar-refractivity contribution in [2.75, 3.05) is 5.33 Å². The van der Waals surface area contributed by atoms with E-state index >= 15 is 0 Å². The van der Waals surface area contributed by atoms with Crippen molar-refractivity contribution < 1.29 is 4.79 Å². The van der Waals surface area contributed by atoms with E-state index in [2.05, 4.69) is 26.5 Å². The van der Waals surface area contributed by atoms with Crippen LogP contribution in [0, 0.1) is 0 Å². The third-order valence-electron chi connectivity index (χ3n) is 1.65. The van der Waals surface area contributed by atoms with Gasteiger partial charge >= 0.3 is 0 Å². The van der Waals surface area contributed by atoms with Gasteiger partial charge in [0.15, 0.2) is 0 Å². The van der Waals surface area contributed by atoms with Crippen molar-refractivity contribution in [2.24, 2.45) is 5.10 Å². The van der Waals surface area contributed by atoms with Crippen LogP contribution in [0.15, 0.2) is 29.4 Å². The van der Waals surface area contributed by atoms with Gasteiger partial charge in [-0.2, -0.15) is 5.10 Å². The molecule has 0 saturated heterocycles. The Bertz CT molecular complexity index is 376. The molecule has 1 aromatic rings. The average Bonchev–Trinajstić information content (AvgIpc) is 2.21. The molecule has 0 spiro atoms. The highest BCUT2D eigenvalue weighted by molar-refractivity contribution is 9.09. The molecule has 0 aliphatic carbocycles.